The van der Waals surface area contributed by atoms with Gasteiger partial charge in [0.1, 0.15) is 15.7 Å². The van der Waals surface area contributed by atoms with Gasteiger partial charge in [-0.25, -0.2) is 18.4 Å². The topological polar surface area (TPSA) is 72.0 Å². The van der Waals surface area contributed by atoms with E-state index in [4.69, 9.17) is 0 Å². The van der Waals surface area contributed by atoms with Crippen molar-refractivity contribution in [2.45, 2.75) is 32.7 Å². The molecule has 1 aromatic rings. The first-order valence-electron chi connectivity index (χ1n) is 6.13. The number of hydrogen-bond donors (Lipinski definition) is 1. The maximum Gasteiger partial charge on any atom is 0.147 e. The highest BCUT2D eigenvalue weighted by Crippen LogP contribution is 2.15. The molecule has 0 radical (unpaired) electrons. The van der Waals surface area contributed by atoms with Gasteiger partial charge in [0.15, 0.2) is 0 Å². The van der Waals surface area contributed by atoms with Gasteiger partial charge in [0.25, 0.3) is 0 Å². The molecule has 0 saturated heterocycles. The lowest BCUT2D eigenvalue weighted by Crippen LogP contribution is -2.25. The first kappa shape index (κ1) is 15.0. The Morgan fingerprint density at radius 3 is 2.72 bits per heavy atom. The Morgan fingerprint density at radius 1 is 1.44 bits per heavy atom. The smallest absolute Gasteiger partial charge is 0.147 e. The minimum atomic E-state index is -2.95. The summed E-state index contributed by atoms with van der Waals surface area (Å²) in [6.07, 6.45) is 4.50. The fourth-order valence-electron chi connectivity index (χ4n) is 1.67. The fourth-order valence-corrected chi connectivity index (χ4v) is 2.34. The zero-order chi connectivity index (χ0) is 13.6. The molecule has 1 atom stereocenters. The molecular weight excluding hydrogens is 250 g/mol. The molecule has 0 saturated carbocycles. The molecule has 0 aliphatic carbocycles. The third-order valence-corrected chi connectivity index (χ3v) is 3.55. The fraction of sp³-hybridized carbons (Fsp3) is 0.667. The van der Waals surface area contributed by atoms with Crippen molar-refractivity contribution in [2.75, 3.05) is 18.6 Å². The number of aromatic nitrogens is 2. The second kappa shape index (κ2) is 6.80. The Bertz CT molecular complexity index is 474. The van der Waals surface area contributed by atoms with Gasteiger partial charge in [-0.1, -0.05) is 6.92 Å². The monoisotopic (exact) mass is 271 g/mol. The van der Waals surface area contributed by atoms with Crippen LogP contribution in [0.1, 0.15) is 37.3 Å². The summed E-state index contributed by atoms with van der Waals surface area (Å²) in [4.78, 5) is 8.41. The van der Waals surface area contributed by atoms with Crippen LogP contribution in [-0.4, -0.2) is 36.9 Å². The second-order valence-electron chi connectivity index (χ2n) is 4.45. The standard InChI is InChI=1S/C12H21N3O2S/c1-4-7-14-11(6-9-18(3,16)17)12-5-8-13-10(2)15-12/h5,8,11,14H,4,6-7,9H2,1-3H3. The first-order chi connectivity index (χ1) is 8.42. The summed E-state index contributed by atoms with van der Waals surface area (Å²) in [5.74, 6) is 0.868. The summed E-state index contributed by atoms with van der Waals surface area (Å²) < 4.78 is 22.5. The summed E-state index contributed by atoms with van der Waals surface area (Å²) in [5, 5.41) is 3.33. The minimum absolute atomic E-state index is 0.0265. The first-order valence-corrected chi connectivity index (χ1v) is 8.19. The van der Waals surface area contributed by atoms with Crippen LogP contribution >= 0.6 is 0 Å². The third-order valence-electron chi connectivity index (χ3n) is 2.57. The highest BCUT2D eigenvalue weighted by molar-refractivity contribution is 7.90. The zero-order valence-electron chi connectivity index (χ0n) is 11.2. The summed E-state index contributed by atoms with van der Waals surface area (Å²) in [6, 6.07) is 1.81. The van der Waals surface area contributed by atoms with E-state index in [1.165, 1.54) is 6.26 Å². The number of nitrogens with one attached hydrogen (secondary N) is 1. The Kier molecular flexibility index (Phi) is 5.68. The molecule has 102 valence electrons. The van der Waals surface area contributed by atoms with Gasteiger partial charge in [-0.3, -0.25) is 0 Å². The molecule has 1 aromatic heterocycles. The molecule has 0 fully saturated rings. The second-order valence-corrected chi connectivity index (χ2v) is 6.71. The summed E-state index contributed by atoms with van der Waals surface area (Å²) >= 11 is 0. The van der Waals surface area contributed by atoms with Crippen LogP contribution in [0.25, 0.3) is 0 Å². The van der Waals surface area contributed by atoms with Crippen LogP contribution in [0.15, 0.2) is 12.3 Å². The van der Waals surface area contributed by atoms with Crippen molar-refractivity contribution in [1.29, 1.82) is 0 Å². The number of hydrogen-bond acceptors (Lipinski definition) is 5. The third kappa shape index (κ3) is 5.55. The molecule has 0 aliphatic heterocycles. The lowest BCUT2D eigenvalue weighted by atomic mass is 10.1. The van der Waals surface area contributed by atoms with Crippen LogP contribution < -0.4 is 5.32 Å². The van der Waals surface area contributed by atoms with Gasteiger partial charge in [0.05, 0.1) is 17.5 Å². The summed E-state index contributed by atoms with van der Waals surface area (Å²) in [5.41, 5.74) is 0.861. The van der Waals surface area contributed by atoms with E-state index < -0.39 is 9.84 Å². The molecule has 18 heavy (non-hydrogen) atoms. The van der Waals surface area contributed by atoms with Gasteiger partial charge in [0, 0.05) is 12.5 Å². The van der Waals surface area contributed by atoms with Gasteiger partial charge in [0.2, 0.25) is 0 Å². The molecular formula is C12H21N3O2S. The lowest BCUT2D eigenvalue weighted by molar-refractivity contribution is 0.501. The van der Waals surface area contributed by atoms with Gasteiger partial charge in [-0.2, -0.15) is 0 Å². The largest absolute Gasteiger partial charge is 0.309 e. The molecule has 1 rings (SSSR count). The lowest BCUT2D eigenvalue weighted by Gasteiger charge is -2.17. The molecule has 0 amide bonds. The minimum Gasteiger partial charge on any atom is -0.309 e. The van der Waals surface area contributed by atoms with Crippen LogP contribution in [0, 0.1) is 6.92 Å². The van der Waals surface area contributed by atoms with Gasteiger partial charge in [-0.05, 0) is 32.4 Å². The Labute approximate surface area is 109 Å². The molecule has 0 spiro atoms. The number of aryl methyl sites for hydroxylation is 1. The van der Waals surface area contributed by atoms with E-state index in [2.05, 4.69) is 22.2 Å². The normalized spacial score (nSPS) is 13.5. The van der Waals surface area contributed by atoms with E-state index in [1.807, 2.05) is 13.0 Å². The van der Waals surface area contributed by atoms with Crippen molar-refractivity contribution >= 4 is 9.84 Å². The Hall–Kier alpha value is -1.01. The van der Waals surface area contributed by atoms with Gasteiger partial charge < -0.3 is 5.32 Å². The van der Waals surface area contributed by atoms with Crippen molar-refractivity contribution < 1.29 is 8.42 Å². The van der Waals surface area contributed by atoms with Crippen molar-refractivity contribution in [1.82, 2.24) is 15.3 Å². The average Bonchev–Trinajstić information content (AvgIpc) is 2.28. The van der Waals surface area contributed by atoms with Gasteiger partial charge >= 0.3 is 0 Å². The predicted octanol–water partition coefficient (Wildman–Crippen LogP) is 1.26. The predicted molar refractivity (Wildman–Crippen MR) is 72.1 cm³/mol. The molecule has 0 aliphatic rings. The summed E-state index contributed by atoms with van der Waals surface area (Å²) in [7, 11) is -2.95. The van der Waals surface area contributed by atoms with E-state index in [-0.39, 0.29) is 11.8 Å². The maximum absolute atomic E-state index is 11.2. The number of nitrogens with zero attached hydrogens (tertiary/aromatic N) is 2. The van der Waals surface area contributed by atoms with Crippen molar-refractivity contribution in [3.05, 3.63) is 23.8 Å². The molecule has 1 N–H and O–H groups in total. The van der Waals surface area contributed by atoms with Crippen molar-refractivity contribution in [3.8, 4) is 0 Å². The van der Waals surface area contributed by atoms with Crippen LogP contribution in [0.2, 0.25) is 0 Å². The maximum atomic E-state index is 11.2. The van der Waals surface area contributed by atoms with E-state index >= 15 is 0 Å². The molecule has 5 nitrogen and oxygen atoms in total. The highest BCUT2D eigenvalue weighted by Gasteiger charge is 2.15. The SMILES string of the molecule is CCCNC(CCS(C)(=O)=O)c1ccnc(C)n1. The quantitative estimate of drug-likeness (QED) is 0.808. The van der Waals surface area contributed by atoms with Crippen LogP contribution in [0.4, 0.5) is 0 Å². The van der Waals surface area contributed by atoms with E-state index in [0.29, 0.717) is 12.2 Å². The number of rotatable bonds is 7. The zero-order valence-corrected chi connectivity index (χ0v) is 12.0. The van der Waals surface area contributed by atoms with Gasteiger partial charge in [-0.15, -0.1) is 0 Å². The van der Waals surface area contributed by atoms with E-state index in [1.54, 1.807) is 6.20 Å². The molecule has 0 bridgehead atoms. The van der Waals surface area contributed by atoms with E-state index in [9.17, 15) is 8.42 Å². The molecule has 1 heterocycles. The Morgan fingerprint density at radius 2 is 2.17 bits per heavy atom. The molecule has 6 heteroatoms. The van der Waals surface area contributed by atoms with Crippen LogP contribution in [0.3, 0.4) is 0 Å². The van der Waals surface area contributed by atoms with Crippen LogP contribution in [-0.2, 0) is 9.84 Å². The van der Waals surface area contributed by atoms with E-state index in [0.717, 1.165) is 18.7 Å². The Balaban J connectivity index is 2.77. The average molecular weight is 271 g/mol. The summed E-state index contributed by atoms with van der Waals surface area (Å²) in [6.45, 7) is 4.75. The van der Waals surface area contributed by atoms with Crippen molar-refractivity contribution in [2.24, 2.45) is 0 Å². The van der Waals surface area contributed by atoms with Crippen molar-refractivity contribution in [3.63, 3.8) is 0 Å². The highest BCUT2D eigenvalue weighted by atomic mass is 32.2. The van der Waals surface area contributed by atoms with Crippen LogP contribution in [0.5, 0.6) is 0 Å². The molecule has 1 unspecified atom stereocenters. The molecule has 0 aromatic carbocycles. The number of sulfone groups is 1.